The molecule has 0 atom stereocenters. The third-order valence-electron chi connectivity index (χ3n) is 5.26. The minimum Gasteiger partial charge on any atom is -0.321 e. The van der Waals surface area contributed by atoms with Crippen LogP contribution in [0.3, 0.4) is 0 Å². The van der Waals surface area contributed by atoms with Crippen LogP contribution >= 0.6 is 39.3 Å². The number of nitrogens with one attached hydrogen (secondary N) is 1. The Hall–Kier alpha value is -3.08. The zero-order chi connectivity index (χ0) is 26.6. The fourth-order valence-electron chi connectivity index (χ4n) is 3.39. The number of benzene rings is 3. The summed E-state index contributed by atoms with van der Waals surface area (Å²) in [5.41, 5.74) is 1.14. The van der Waals surface area contributed by atoms with E-state index < -0.39 is 17.6 Å². The predicted octanol–water partition coefficient (Wildman–Crippen LogP) is 8.11. The first-order valence-electron chi connectivity index (χ1n) is 10.9. The van der Waals surface area contributed by atoms with Crippen LogP contribution in [0.5, 0.6) is 0 Å². The second-order valence-electron chi connectivity index (χ2n) is 7.84. The molecule has 0 fully saturated rings. The van der Waals surface area contributed by atoms with Crippen LogP contribution in [0.1, 0.15) is 21.5 Å². The van der Waals surface area contributed by atoms with Gasteiger partial charge in [-0.1, -0.05) is 69.6 Å². The molecule has 37 heavy (non-hydrogen) atoms. The van der Waals surface area contributed by atoms with Gasteiger partial charge in [0.15, 0.2) is 11.0 Å². The van der Waals surface area contributed by atoms with Crippen LogP contribution in [-0.4, -0.2) is 20.7 Å². The fraction of sp³-hybridized carbons (Fsp3) is 0.115. The van der Waals surface area contributed by atoms with Gasteiger partial charge in [0.25, 0.3) is 5.91 Å². The number of carbonyl (C=O) groups is 1. The number of nitrogens with zero attached hydrogens (tertiary/aromatic N) is 3. The van der Waals surface area contributed by atoms with E-state index in [0.717, 1.165) is 44.8 Å². The molecule has 0 spiro atoms. The summed E-state index contributed by atoms with van der Waals surface area (Å²) in [5.74, 6) is 0.734. The Labute approximate surface area is 228 Å². The lowest BCUT2D eigenvalue weighted by Gasteiger charge is -2.12. The molecule has 0 unspecified atom stereocenters. The van der Waals surface area contributed by atoms with Gasteiger partial charge in [0.2, 0.25) is 0 Å². The van der Waals surface area contributed by atoms with Crippen molar-refractivity contribution < 1.29 is 18.0 Å². The molecule has 1 heterocycles. The van der Waals surface area contributed by atoms with Crippen LogP contribution in [0.25, 0.3) is 11.4 Å². The minimum atomic E-state index is -4.54. The summed E-state index contributed by atoms with van der Waals surface area (Å²) in [5, 5.41) is 11.9. The molecule has 3 aromatic carbocycles. The van der Waals surface area contributed by atoms with Crippen molar-refractivity contribution in [1.82, 2.24) is 14.8 Å². The van der Waals surface area contributed by atoms with Crippen LogP contribution < -0.4 is 5.32 Å². The van der Waals surface area contributed by atoms with Crippen LogP contribution in [-0.2, 0) is 18.5 Å². The van der Waals surface area contributed by atoms with Gasteiger partial charge in [0.05, 0.1) is 16.3 Å². The third-order valence-corrected chi connectivity index (χ3v) is 7.15. The highest BCUT2D eigenvalue weighted by Gasteiger charge is 2.31. The second-order valence-corrected chi connectivity index (χ2v) is 10.1. The summed E-state index contributed by atoms with van der Waals surface area (Å²) < 4.78 is 41.9. The van der Waals surface area contributed by atoms with Gasteiger partial charge in [-0.3, -0.25) is 9.36 Å². The Morgan fingerprint density at radius 3 is 2.43 bits per heavy atom. The van der Waals surface area contributed by atoms with Crippen molar-refractivity contribution in [2.45, 2.75) is 23.6 Å². The van der Waals surface area contributed by atoms with E-state index >= 15 is 0 Å². The lowest BCUT2D eigenvalue weighted by atomic mass is 10.1. The average Bonchev–Trinajstić information content (AvgIpc) is 3.27. The van der Waals surface area contributed by atoms with Gasteiger partial charge in [-0.25, -0.2) is 0 Å². The molecule has 0 bridgehead atoms. The van der Waals surface area contributed by atoms with E-state index in [2.05, 4.69) is 38.0 Å². The van der Waals surface area contributed by atoms with Gasteiger partial charge < -0.3 is 5.32 Å². The number of hydrogen-bond donors (Lipinski definition) is 1. The molecular weight excluding hydrogens is 589 g/mol. The van der Waals surface area contributed by atoms with Crippen molar-refractivity contribution in [2.24, 2.45) is 0 Å². The SMILES string of the molecule is C=CCn1c(SCc2ccc(C(=O)Nc3cc(C(F)(F)F)ccc3Cl)cc2)nnc1-c1ccc(Br)cc1. The molecule has 0 aliphatic carbocycles. The molecule has 4 rings (SSSR count). The number of anilines is 1. The largest absolute Gasteiger partial charge is 0.416 e. The number of carbonyl (C=O) groups excluding carboxylic acids is 1. The van der Waals surface area contributed by atoms with Crippen molar-refractivity contribution in [3.05, 3.63) is 106 Å². The first-order chi connectivity index (χ1) is 17.7. The van der Waals surface area contributed by atoms with Crippen molar-refractivity contribution in [3.63, 3.8) is 0 Å². The van der Waals surface area contributed by atoms with E-state index in [0.29, 0.717) is 12.3 Å². The number of hydrogen-bond acceptors (Lipinski definition) is 4. The smallest absolute Gasteiger partial charge is 0.321 e. The fourth-order valence-corrected chi connectivity index (χ4v) is 4.73. The van der Waals surface area contributed by atoms with Gasteiger partial charge in [0.1, 0.15) is 0 Å². The summed E-state index contributed by atoms with van der Waals surface area (Å²) in [4.78, 5) is 12.6. The summed E-state index contributed by atoms with van der Waals surface area (Å²) in [6, 6.07) is 17.3. The van der Waals surface area contributed by atoms with E-state index in [1.165, 1.54) is 11.8 Å². The van der Waals surface area contributed by atoms with E-state index in [9.17, 15) is 18.0 Å². The van der Waals surface area contributed by atoms with Gasteiger partial charge in [0, 0.05) is 27.9 Å². The average molecular weight is 608 g/mol. The summed E-state index contributed by atoms with van der Waals surface area (Å²) >= 11 is 10.9. The van der Waals surface area contributed by atoms with Gasteiger partial charge in [-0.15, -0.1) is 16.8 Å². The van der Waals surface area contributed by atoms with Gasteiger partial charge in [-0.2, -0.15) is 13.2 Å². The number of amides is 1. The quantitative estimate of drug-likeness (QED) is 0.162. The maximum Gasteiger partial charge on any atom is 0.416 e. The molecule has 4 aromatic rings. The van der Waals surface area contributed by atoms with Crippen LogP contribution in [0.15, 0.2) is 89.0 Å². The Bertz CT molecular complexity index is 1420. The van der Waals surface area contributed by atoms with Crippen LogP contribution in [0, 0.1) is 0 Å². The Morgan fingerprint density at radius 1 is 1.08 bits per heavy atom. The molecule has 1 N–H and O–H groups in total. The molecule has 11 heteroatoms. The summed E-state index contributed by atoms with van der Waals surface area (Å²) in [7, 11) is 0. The Balaban J connectivity index is 1.44. The number of thioether (sulfide) groups is 1. The monoisotopic (exact) mass is 606 g/mol. The zero-order valence-corrected chi connectivity index (χ0v) is 22.3. The number of aromatic nitrogens is 3. The number of allylic oxidation sites excluding steroid dienone is 1. The first-order valence-corrected chi connectivity index (χ1v) is 13.0. The molecule has 190 valence electrons. The third kappa shape index (κ3) is 6.63. The van der Waals surface area contributed by atoms with E-state index in [1.54, 1.807) is 30.3 Å². The number of rotatable bonds is 8. The topological polar surface area (TPSA) is 59.8 Å². The van der Waals surface area contributed by atoms with Gasteiger partial charge in [-0.05, 0) is 48.0 Å². The van der Waals surface area contributed by atoms with Crippen LogP contribution in [0.4, 0.5) is 18.9 Å². The highest BCUT2D eigenvalue weighted by molar-refractivity contribution is 9.10. The molecule has 1 aromatic heterocycles. The maximum absolute atomic E-state index is 13.0. The molecule has 5 nitrogen and oxygen atoms in total. The number of halogens is 5. The molecule has 1 amide bonds. The standard InChI is InChI=1S/C26H19BrClF3N4OS/c1-2-13-35-23(17-7-10-20(27)11-8-17)33-34-25(35)37-15-16-3-5-18(6-4-16)24(36)32-22-14-19(26(29,30)31)9-12-21(22)28/h2-12,14H,1,13,15H2,(H,32,36). The highest BCUT2D eigenvalue weighted by Crippen LogP contribution is 2.34. The highest BCUT2D eigenvalue weighted by atomic mass is 79.9. The van der Waals surface area contributed by atoms with Crippen molar-refractivity contribution in [3.8, 4) is 11.4 Å². The minimum absolute atomic E-state index is 0.0144. The summed E-state index contributed by atoms with van der Waals surface area (Å²) in [6.07, 6.45) is -2.77. The molecule has 0 aliphatic heterocycles. The lowest BCUT2D eigenvalue weighted by molar-refractivity contribution is -0.137. The second kappa shape index (κ2) is 11.5. The Morgan fingerprint density at radius 2 is 1.78 bits per heavy atom. The molecule has 0 aliphatic rings. The molecular formula is C26H19BrClF3N4OS. The van der Waals surface area contributed by atoms with Gasteiger partial charge >= 0.3 is 6.18 Å². The van der Waals surface area contributed by atoms with Crippen molar-refractivity contribution in [1.29, 1.82) is 0 Å². The normalized spacial score (nSPS) is 11.4. The number of alkyl halides is 3. The molecule has 0 saturated heterocycles. The van der Waals surface area contributed by atoms with E-state index in [-0.39, 0.29) is 16.3 Å². The first kappa shape index (κ1) is 27.0. The predicted molar refractivity (Wildman–Crippen MR) is 144 cm³/mol. The van der Waals surface area contributed by atoms with Crippen LogP contribution in [0.2, 0.25) is 5.02 Å². The zero-order valence-electron chi connectivity index (χ0n) is 19.1. The lowest BCUT2D eigenvalue weighted by Crippen LogP contribution is -2.13. The van der Waals surface area contributed by atoms with Crippen molar-refractivity contribution in [2.75, 3.05) is 5.32 Å². The maximum atomic E-state index is 13.0. The molecule has 0 radical (unpaired) electrons. The van der Waals surface area contributed by atoms with E-state index in [4.69, 9.17) is 11.6 Å². The van der Waals surface area contributed by atoms with E-state index in [1.807, 2.05) is 28.8 Å². The molecule has 0 saturated carbocycles. The Kier molecular flexibility index (Phi) is 8.41. The summed E-state index contributed by atoms with van der Waals surface area (Å²) in [6.45, 7) is 4.37. The van der Waals surface area contributed by atoms with Crippen molar-refractivity contribution >= 4 is 50.9 Å².